The van der Waals surface area contributed by atoms with Crippen LogP contribution < -0.4 is 10.1 Å². The molecule has 0 fully saturated rings. The summed E-state index contributed by atoms with van der Waals surface area (Å²) in [6.07, 6.45) is 0. The standard InChI is InChI=1S/C21H21F2N3O2/c1-13-4-6-16(7-5-13)12-26-15(3)19(14(2)25-26)20(27)24-17-8-10-18(11-9-17)28-21(22)23/h4-11,21H,12H2,1-3H3,(H,24,27). The Morgan fingerprint density at radius 3 is 2.32 bits per heavy atom. The number of carbonyl (C=O) groups excluding carboxylic acids is 1. The van der Waals surface area contributed by atoms with Gasteiger partial charge < -0.3 is 10.1 Å². The highest BCUT2D eigenvalue weighted by molar-refractivity contribution is 6.05. The Hall–Kier alpha value is -3.22. The monoisotopic (exact) mass is 385 g/mol. The second kappa shape index (κ2) is 8.21. The van der Waals surface area contributed by atoms with Crippen molar-refractivity contribution in [3.63, 3.8) is 0 Å². The highest BCUT2D eigenvalue weighted by Crippen LogP contribution is 2.20. The van der Waals surface area contributed by atoms with Gasteiger partial charge in [-0.3, -0.25) is 9.48 Å². The Balaban J connectivity index is 1.74. The smallest absolute Gasteiger partial charge is 0.387 e. The van der Waals surface area contributed by atoms with Crippen LogP contribution in [0.4, 0.5) is 14.5 Å². The maximum absolute atomic E-state index is 12.7. The van der Waals surface area contributed by atoms with Gasteiger partial charge in [0.05, 0.1) is 17.8 Å². The Kier molecular flexibility index (Phi) is 5.73. The molecule has 1 heterocycles. The van der Waals surface area contributed by atoms with Crippen molar-refractivity contribution in [2.24, 2.45) is 0 Å². The van der Waals surface area contributed by atoms with E-state index in [0.29, 0.717) is 23.5 Å². The summed E-state index contributed by atoms with van der Waals surface area (Å²) in [5.41, 5.74) is 4.64. The topological polar surface area (TPSA) is 56.2 Å². The van der Waals surface area contributed by atoms with Crippen molar-refractivity contribution in [3.05, 3.63) is 76.6 Å². The molecule has 0 aliphatic rings. The molecule has 3 rings (SSSR count). The number of nitrogens with one attached hydrogen (secondary N) is 1. The number of hydrogen-bond donors (Lipinski definition) is 1. The minimum absolute atomic E-state index is 0.0336. The molecule has 0 bridgehead atoms. The number of halogens is 2. The molecular weight excluding hydrogens is 364 g/mol. The molecule has 3 aromatic rings. The highest BCUT2D eigenvalue weighted by atomic mass is 19.3. The van der Waals surface area contributed by atoms with Gasteiger partial charge in [-0.25, -0.2) is 0 Å². The number of carbonyl (C=O) groups is 1. The van der Waals surface area contributed by atoms with Gasteiger partial charge in [0.25, 0.3) is 5.91 Å². The summed E-state index contributed by atoms with van der Waals surface area (Å²) in [4.78, 5) is 12.7. The predicted octanol–water partition coefficient (Wildman–Crippen LogP) is 4.71. The molecule has 7 heteroatoms. The van der Waals surface area contributed by atoms with Crippen LogP contribution in [0.15, 0.2) is 48.5 Å². The molecule has 28 heavy (non-hydrogen) atoms. The van der Waals surface area contributed by atoms with E-state index in [4.69, 9.17) is 0 Å². The summed E-state index contributed by atoms with van der Waals surface area (Å²) >= 11 is 0. The predicted molar refractivity (Wildman–Crippen MR) is 103 cm³/mol. The van der Waals surface area contributed by atoms with Crippen LogP contribution in [-0.2, 0) is 6.54 Å². The SMILES string of the molecule is Cc1ccc(Cn2nc(C)c(C(=O)Nc3ccc(OC(F)F)cc3)c2C)cc1. The van der Waals surface area contributed by atoms with Gasteiger partial charge in [-0.1, -0.05) is 29.8 Å². The lowest BCUT2D eigenvalue weighted by atomic mass is 10.1. The molecule has 0 spiro atoms. The number of aromatic nitrogens is 2. The Morgan fingerprint density at radius 2 is 1.71 bits per heavy atom. The van der Waals surface area contributed by atoms with Crippen LogP contribution >= 0.6 is 0 Å². The Labute approximate surface area is 161 Å². The van der Waals surface area contributed by atoms with E-state index >= 15 is 0 Å². The molecule has 0 saturated heterocycles. The van der Waals surface area contributed by atoms with Gasteiger partial charge >= 0.3 is 6.61 Å². The molecule has 0 saturated carbocycles. The van der Waals surface area contributed by atoms with E-state index in [1.54, 1.807) is 11.6 Å². The number of hydrogen-bond acceptors (Lipinski definition) is 3. The van der Waals surface area contributed by atoms with Gasteiger partial charge in [-0.05, 0) is 50.6 Å². The molecule has 0 unspecified atom stereocenters. The number of anilines is 1. The van der Waals surface area contributed by atoms with E-state index < -0.39 is 6.61 Å². The molecule has 0 atom stereocenters. The summed E-state index contributed by atoms with van der Waals surface area (Å²) in [5, 5.41) is 7.26. The van der Waals surface area contributed by atoms with Gasteiger partial charge in [0.1, 0.15) is 5.75 Å². The number of alkyl halides is 2. The lowest BCUT2D eigenvalue weighted by Crippen LogP contribution is -2.14. The Morgan fingerprint density at radius 1 is 1.07 bits per heavy atom. The molecule has 2 aromatic carbocycles. The minimum atomic E-state index is -2.88. The fraction of sp³-hybridized carbons (Fsp3) is 0.238. The van der Waals surface area contributed by atoms with E-state index in [1.807, 2.05) is 38.1 Å². The zero-order valence-corrected chi connectivity index (χ0v) is 15.9. The van der Waals surface area contributed by atoms with Crippen molar-refractivity contribution in [2.75, 3.05) is 5.32 Å². The van der Waals surface area contributed by atoms with Crippen LogP contribution in [0.25, 0.3) is 0 Å². The first-order valence-corrected chi connectivity index (χ1v) is 8.79. The number of rotatable bonds is 6. The van der Waals surface area contributed by atoms with Crippen molar-refractivity contribution < 1.29 is 18.3 Å². The van der Waals surface area contributed by atoms with Crippen molar-refractivity contribution in [1.82, 2.24) is 9.78 Å². The normalized spacial score (nSPS) is 10.9. The highest BCUT2D eigenvalue weighted by Gasteiger charge is 2.19. The Bertz CT molecular complexity index is 965. The summed E-state index contributed by atoms with van der Waals surface area (Å²) in [5.74, 6) is -0.265. The summed E-state index contributed by atoms with van der Waals surface area (Å²) in [7, 11) is 0. The van der Waals surface area contributed by atoms with Crippen LogP contribution in [0.1, 0.15) is 32.9 Å². The molecule has 1 amide bonds. The lowest BCUT2D eigenvalue weighted by Gasteiger charge is -2.08. The number of nitrogens with zero attached hydrogens (tertiary/aromatic N) is 2. The van der Waals surface area contributed by atoms with Gasteiger partial charge in [-0.2, -0.15) is 13.9 Å². The minimum Gasteiger partial charge on any atom is -0.435 e. The van der Waals surface area contributed by atoms with E-state index in [0.717, 1.165) is 11.3 Å². The summed E-state index contributed by atoms with van der Waals surface area (Å²) in [6, 6.07) is 13.9. The van der Waals surface area contributed by atoms with E-state index in [1.165, 1.54) is 29.8 Å². The molecular formula is C21H21F2N3O2. The third-order valence-electron chi connectivity index (χ3n) is 4.40. The van der Waals surface area contributed by atoms with Crippen LogP contribution in [0.2, 0.25) is 0 Å². The van der Waals surface area contributed by atoms with Crippen LogP contribution in [-0.4, -0.2) is 22.3 Å². The number of ether oxygens (including phenoxy) is 1. The number of benzene rings is 2. The molecule has 1 N–H and O–H groups in total. The average Bonchev–Trinajstić information content (AvgIpc) is 2.91. The quantitative estimate of drug-likeness (QED) is 0.669. The second-order valence-corrected chi connectivity index (χ2v) is 6.55. The largest absolute Gasteiger partial charge is 0.435 e. The molecule has 0 radical (unpaired) electrons. The maximum Gasteiger partial charge on any atom is 0.387 e. The molecule has 1 aromatic heterocycles. The van der Waals surface area contributed by atoms with Gasteiger partial charge in [0.15, 0.2) is 0 Å². The first kappa shape index (κ1) is 19.5. The zero-order chi connectivity index (χ0) is 20.3. The van der Waals surface area contributed by atoms with E-state index in [9.17, 15) is 13.6 Å². The van der Waals surface area contributed by atoms with Gasteiger partial charge in [-0.15, -0.1) is 0 Å². The van der Waals surface area contributed by atoms with Crippen LogP contribution in [0.3, 0.4) is 0 Å². The summed E-state index contributed by atoms with van der Waals surface area (Å²) in [6.45, 7) is 3.35. The van der Waals surface area contributed by atoms with Crippen molar-refractivity contribution in [1.29, 1.82) is 0 Å². The zero-order valence-electron chi connectivity index (χ0n) is 15.9. The fourth-order valence-electron chi connectivity index (χ4n) is 2.96. The van der Waals surface area contributed by atoms with Crippen molar-refractivity contribution in [2.45, 2.75) is 33.9 Å². The van der Waals surface area contributed by atoms with E-state index in [2.05, 4.69) is 15.2 Å². The second-order valence-electron chi connectivity index (χ2n) is 6.55. The maximum atomic E-state index is 12.7. The summed E-state index contributed by atoms with van der Waals surface area (Å²) < 4.78 is 30.5. The molecule has 0 aliphatic carbocycles. The third-order valence-corrected chi connectivity index (χ3v) is 4.40. The third kappa shape index (κ3) is 4.54. The van der Waals surface area contributed by atoms with Crippen LogP contribution in [0.5, 0.6) is 5.75 Å². The van der Waals surface area contributed by atoms with Gasteiger partial charge in [0, 0.05) is 11.4 Å². The number of amides is 1. The molecule has 146 valence electrons. The van der Waals surface area contributed by atoms with Crippen molar-refractivity contribution in [3.8, 4) is 5.75 Å². The van der Waals surface area contributed by atoms with Gasteiger partial charge in [0.2, 0.25) is 0 Å². The van der Waals surface area contributed by atoms with Crippen LogP contribution in [0, 0.1) is 20.8 Å². The lowest BCUT2D eigenvalue weighted by molar-refractivity contribution is -0.0498. The first-order valence-electron chi connectivity index (χ1n) is 8.79. The van der Waals surface area contributed by atoms with E-state index in [-0.39, 0.29) is 11.7 Å². The fourth-order valence-corrected chi connectivity index (χ4v) is 2.96. The average molecular weight is 385 g/mol. The number of aryl methyl sites for hydroxylation is 2. The van der Waals surface area contributed by atoms with Crippen molar-refractivity contribution >= 4 is 11.6 Å². The molecule has 0 aliphatic heterocycles. The molecule has 5 nitrogen and oxygen atoms in total. The first-order chi connectivity index (χ1) is 13.3.